The lowest BCUT2D eigenvalue weighted by Crippen LogP contribution is -2.39. The molecule has 2 aromatic carbocycles. The van der Waals surface area contributed by atoms with E-state index >= 15 is 0 Å². The van der Waals surface area contributed by atoms with Crippen molar-refractivity contribution in [3.05, 3.63) is 88.7 Å². The minimum atomic E-state index is -1.16. The Morgan fingerprint density at radius 2 is 1.82 bits per heavy atom. The van der Waals surface area contributed by atoms with Gasteiger partial charge in [0.15, 0.2) is 0 Å². The molecule has 0 saturated heterocycles. The number of carbonyl (C=O) groups excluding carboxylic acids is 2. The lowest BCUT2D eigenvalue weighted by Gasteiger charge is -2.18. The maximum Gasteiger partial charge on any atom is 0.335 e. The first-order chi connectivity index (χ1) is 15.9. The van der Waals surface area contributed by atoms with Gasteiger partial charge in [0.2, 0.25) is 0 Å². The largest absolute Gasteiger partial charge is 0.478 e. The van der Waals surface area contributed by atoms with Crippen molar-refractivity contribution in [1.82, 2.24) is 10.3 Å². The van der Waals surface area contributed by atoms with E-state index < -0.39 is 23.9 Å². The van der Waals surface area contributed by atoms with E-state index in [-0.39, 0.29) is 24.3 Å². The topological polar surface area (TPSA) is 106 Å². The quantitative estimate of drug-likeness (QED) is 0.453. The second-order valence-electron chi connectivity index (χ2n) is 7.33. The predicted molar refractivity (Wildman–Crippen MR) is 124 cm³/mol. The van der Waals surface area contributed by atoms with Gasteiger partial charge in [-0.05, 0) is 54.3 Å². The van der Waals surface area contributed by atoms with Crippen LogP contribution >= 0.6 is 11.6 Å². The fourth-order valence-electron chi connectivity index (χ4n) is 3.33. The minimum absolute atomic E-state index is 0.0335. The molecule has 0 radical (unpaired) electrons. The zero-order valence-electron chi connectivity index (χ0n) is 18.0. The van der Waals surface area contributed by atoms with Crippen LogP contribution in [0.1, 0.15) is 39.8 Å². The number of pyridine rings is 1. The molecular formula is C25H23ClN2O5. The molecular weight excluding hydrogens is 444 g/mol. The maximum absolute atomic E-state index is 12.7. The number of carboxylic acids is 1. The first kappa shape index (κ1) is 23.9. The lowest BCUT2D eigenvalue weighted by molar-refractivity contribution is -0.143. The lowest BCUT2D eigenvalue weighted by atomic mass is 9.99. The highest BCUT2D eigenvalue weighted by Crippen LogP contribution is 2.23. The number of nitrogens with zero attached hydrogens (tertiary/aromatic N) is 1. The summed E-state index contributed by atoms with van der Waals surface area (Å²) in [7, 11) is 0. The number of hydrogen-bond donors (Lipinski definition) is 2. The average Bonchev–Trinajstić information content (AvgIpc) is 2.79. The van der Waals surface area contributed by atoms with Crippen LogP contribution in [0.4, 0.5) is 0 Å². The molecule has 0 spiro atoms. The number of aromatic carboxylic acids is 1. The molecule has 3 aromatic rings. The molecule has 0 unspecified atom stereocenters. The number of halogens is 1. The van der Waals surface area contributed by atoms with Crippen LogP contribution in [0, 0.1) is 0 Å². The Labute approximate surface area is 196 Å². The highest BCUT2D eigenvalue weighted by atomic mass is 35.5. The normalized spacial score (nSPS) is 11.5. The summed E-state index contributed by atoms with van der Waals surface area (Å²) in [5.41, 5.74) is 2.79. The molecule has 33 heavy (non-hydrogen) atoms. The molecule has 2 N–H and O–H groups in total. The summed E-state index contributed by atoms with van der Waals surface area (Å²) < 4.78 is 5.04. The summed E-state index contributed by atoms with van der Waals surface area (Å²) in [5.74, 6) is -2.16. The number of carbonyl (C=O) groups is 3. The van der Waals surface area contributed by atoms with Gasteiger partial charge in [-0.25, -0.2) is 4.79 Å². The number of aromatic nitrogens is 1. The Kier molecular flexibility index (Phi) is 8.16. The van der Waals surface area contributed by atoms with Gasteiger partial charge >= 0.3 is 11.9 Å². The Morgan fingerprint density at radius 1 is 1.06 bits per heavy atom. The summed E-state index contributed by atoms with van der Waals surface area (Å²) in [6.07, 6.45) is 1.60. The van der Waals surface area contributed by atoms with Gasteiger partial charge in [0.05, 0.1) is 18.6 Å². The van der Waals surface area contributed by atoms with Gasteiger partial charge in [-0.3, -0.25) is 14.6 Å². The maximum atomic E-state index is 12.7. The zero-order chi connectivity index (χ0) is 23.8. The second kappa shape index (κ2) is 11.2. The molecule has 1 amide bonds. The van der Waals surface area contributed by atoms with E-state index in [0.29, 0.717) is 11.4 Å². The van der Waals surface area contributed by atoms with Crippen LogP contribution in [0.3, 0.4) is 0 Å². The van der Waals surface area contributed by atoms with E-state index in [2.05, 4.69) is 10.3 Å². The standard InChI is InChI=1S/C25H23ClN2O5/c1-2-33-23(29)15-21(28-24(30)22-14-19(25(31)32)10-11-27-22)12-16-6-8-17(9-7-16)18-4-3-5-20(26)13-18/h3-11,13-14,21H,2,12,15H2,1H3,(H,28,30)(H,31,32)/t21-/m1/s1. The van der Waals surface area contributed by atoms with Crippen LogP contribution in [-0.2, 0) is 16.0 Å². The number of benzene rings is 2. The molecule has 0 saturated carbocycles. The smallest absolute Gasteiger partial charge is 0.335 e. The van der Waals surface area contributed by atoms with E-state index in [0.717, 1.165) is 16.7 Å². The summed E-state index contributed by atoms with van der Waals surface area (Å²) in [6, 6.07) is 17.2. The third-order valence-electron chi connectivity index (χ3n) is 4.89. The number of amides is 1. The van der Waals surface area contributed by atoms with Crippen molar-refractivity contribution in [3.8, 4) is 11.1 Å². The number of rotatable bonds is 9. The van der Waals surface area contributed by atoms with Gasteiger partial charge < -0.3 is 15.2 Å². The fourth-order valence-corrected chi connectivity index (χ4v) is 3.52. The molecule has 0 fully saturated rings. The fraction of sp³-hybridized carbons (Fsp3) is 0.200. The van der Waals surface area contributed by atoms with Gasteiger partial charge in [0.1, 0.15) is 5.69 Å². The number of carboxylic acid groups (broad SMARTS) is 1. The number of nitrogens with one attached hydrogen (secondary N) is 1. The summed E-state index contributed by atoms with van der Waals surface area (Å²) in [5, 5.41) is 12.6. The molecule has 0 aliphatic carbocycles. The zero-order valence-corrected chi connectivity index (χ0v) is 18.7. The average molecular weight is 467 g/mol. The first-order valence-corrected chi connectivity index (χ1v) is 10.7. The SMILES string of the molecule is CCOC(=O)C[C@@H](Cc1ccc(-c2cccc(Cl)c2)cc1)NC(=O)c1cc(C(=O)O)ccn1. The third-order valence-corrected chi connectivity index (χ3v) is 5.12. The van der Waals surface area contributed by atoms with E-state index in [1.54, 1.807) is 6.92 Å². The van der Waals surface area contributed by atoms with E-state index in [1.807, 2.05) is 48.5 Å². The van der Waals surface area contributed by atoms with Crippen LogP contribution in [0.25, 0.3) is 11.1 Å². The number of esters is 1. The summed E-state index contributed by atoms with van der Waals surface area (Å²) in [4.78, 5) is 39.9. The van der Waals surface area contributed by atoms with Crippen molar-refractivity contribution in [2.75, 3.05) is 6.61 Å². The van der Waals surface area contributed by atoms with Gasteiger partial charge in [-0.1, -0.05) is 48.0 Å². The van der Waals surface area contributed by atoms with Gasteiger partial charge in [0, 0.05) is 17.3 Å². The molecule has 3 rings (SSSR count). The molecule has 7 nitrogen and oxygen atoms in total. The van der Waals surface area contributed by atoms with E-state index in [1.165, 1.54) is 18.3 Å². The highest BCUT2D eigenvalue weighted by molar-refractivity contribution is 6.30. The van der Waals surface area contributed by atoms with Crippen LogP contribution in [0.15, 0.2) is 66.9 Å². The van der Waals surface area contributed by atoms with Crippen LogP contribution < -0.4 is 5.32 Å². The van der Waals surface area contributed by atoms with Crippen LogP contribution in [-0.4, -0.2) is 40.6 Å². The van der Waals surface area contributed by atoms with Crippen LogP contribution in [0.2, 0.25) is 5.02 Å². The van der Waals surface area contributed by atoms with E-state index in [9.17, 15) is 14.4 Å². The van der Waals surface area contributed by atoms with Gasteiger partial charge in [0.25, 0.3) is 5.91 Å². The van der Waals surface area contributed by atoms with Crippen molar-refractivity contribution in [2.24, 2.45) is 0 Å². The molecule has 0 aliphatic heterocycles. The molecule has 8 heteroatoms. The van der Waals surface area contributed by atoms with Crippen molar-refractivity contribution in [3.63, 3.8) is 0 Å². The molecule has 170 valence electrons. The monoisotopic (exact) mass is 466 g/mol. The molecule has 1 aromatic heterocycles. The number of ether oxygens (including phenoxy) is 1. The summed E-state index contributed by atoms with van der Waals surface area (Å²) >= 11 is 6.07. The van der Waals surface area contributed by atoms with E-state index in [4.69, 9.17) is 21.4 Å². The predicted octanol–water partition coefficient (Wildman–Crippen LogP) is 4.39. The Bertz CT molecular complexity index is 1150. The summed E-state index contributed by atoms with van der Waals surface area (Å²) in [6.45, 7) is 1.94. The van der Waals surface area contributed by atoms with Crippen molar-refractivity contribution in [1.29, 1.82) is 0 Å². The Hall–Kier alpha value is -3.71. The highest BCUT2D eigenvalue weighted by Gasteiger charge is 2.20. The third kappa shape index (κ3) is 6.89. The van der Waals surface area contributed by atoms with Crippen LogP contribution in [0.5, 0.6) is 0 Å². The minimum Gasteiger partial charge on any atom is -0.478 e. The second-order valence-corrected chi connectivity index (χ2v) is 7.76. The Balaban J connectivity index is 1.76. The van der Waals surface area contributed by atoms with Crippen molar-refractivity contribution >= 4 is 29.4 Å². The first-order valence-electron chi connectivity index (χ1n) is 10.4. The van der Waals surface area contributed by atoms with Crippen molar-refractivity contribution < 1.29 is 24.2 Å². The molecule has 0 aliphatic rings. The number of hydrogen-bond acceptors (Lipinski definition) is 5. The van der Waals surface area contributed by atoms with Gasteiger partial charge in [-0.2, -0.15) is 0 Å². The van der Waals surface area contributed by atoms with Crippen molar-refractivity contribution in [2.45, 2.75) is 25.8 Å². The molecule has 1 atom stereocenters. The molecule has 1 heterocycles. The van der Waals surface area contributed by atoms with Gasteiger partial charge in [-0.15, -0.1) is 0 Å². The Morgan fingerprint density at radius 3 is 2.48 bits per heavy atom. The molecule has 0 bridgehead atoms.